The van der Waals surface area contributed by atoms with E-state index in [1.807, 2.05) is 24.3 Å². The number of aliphatic carboxylic acids is 1. The lowest BCUT2D eigenvalue weighted by molar-refractivity contribution is -0.137. The zero-order valence-corrected chi connectivity index (χ0v) is 14.4. The molecule has 1 aliphatic heterocycles. The summed E-state index contributed by atoms with van der Waals surface area (Å²) in [7, 11) is 0. The highest BCUT2D eigenvalue weighted by atomic mass is 79.9. The van der Waals surface area contributed by atoms with Crippen LogP contribution in [0.3, 0.4) is 0 Å². The number of halogens is 1. The van der Waals surface area contributed by atoms with Gasteiger partial charge in [-0.15, -0.1) is 0 Å². The number of carboxylic acids is 1. The van der Waals surface area contributed by atoms with Crippen molar-refractivity contribution in [3.8, 4) is 5.75 Å². The second-order valence-corrected chi connectivity index (χ2v) is 6.37. The van der Waals surface area contributed by atoms with Gasteiger partial charge in [0.25, 0.3) is 5.91 Å². The van der Waals surface area contributed by atoms with E-state index in [0.29, 0.717) is 18.5 Å². The van der Waals surface area contributed by atoms with E-state index in [-0.39, 0.29) is 18.9 Å². The molecule has 0 fully saturated rings. The Labute approximate surface area is 143 Å². The largest absolute Gasteiger partial charge is 0.488 e. The highest BCUT2D eigenvalue weighted by Crippen LogP contribution is 2.29. The molecule has 0 aliphatic carbocycles. The molecule has 124 valence electrons. The van der Waals surface area contributed by atoms with Gasteiger partial charge in [0.15, 0.2) is 0 Å². The Bertz CT molecular complexity index is 613. The van der Waals surface area contributed by atoms with Crippen LogP contribution >= 0.6 is 15.9 Å². The second-order valence-electron chi connectivity index (χ2n) is 5.45. The number of fused-ring (bicyclic) bond motifs is 1. The molecule has 1 amide bonds. The Morgan fingerprint density at radius 2 is 2.00 bits per heavy atom. The van der Waals surface area contributed by atoms with Crippen molar-refractivity contribution in [2.45, 2.75) is 32.1 Å². The molecular weight excluding hydrogens is 362 g/mol. The first-order chi connectivity index (χ1) is 11.1. The van der Waals surface area contributed by atoms with Gasteiger partial charge in [-0.2, -0.15) is 0 Å². The number of carbonyl (C=O) groups is 2. The topological polar surface area (TPSA) is 75.6 Å². The monoisotopic (exact) mass is 381 g/mol. The highest BCUT2D eigenvalue weighted by molar-refractivity contribution is 9.10. The number of unbranched alkanes of at least 4 members (excludes halogenated alkanes) is 3. The number of amides is 1. The van der Waals surface area contributed by atoms with Gasteiger partial charge < -0.3 is 15.2 Å². The van der Waals surface area contributed by atoms with Crippen molar-refractivity contribution in [3.05, 3.63) is 33.8 Å². The first-order valence-electron chi connectivity index (χ1n) is 7.69. The quantitative estimate of drug-likeness (QED) is 0.676. The summed E-state index contributed by atoms with van der Waals surface area (Å²) in [6.45, 7) is 0.869. The van der Waals surface area contributed by atoms with Crippen LogP contribution in [0, 0.1) is 0 Å². The first kappa shape index (κ1) is 17.5. The molecule has 0 radical (unpaired) electrons. The zero-order chi connectivity index (χ0) is 16.7. The van der Waals surface area contributed by atoms with Gasteiger partial charge in [-0.3, -0.25) is 9.59 Å². The molecule has 23 heavy (non-hydrogen) atoms. The minimum atomic E-state index is -0.755. The van der Waals surface area contributed by atoms with Crippen LogP contribution in [0.4, 0.5) is 0 Å². The molecule has 0 atom stereocenters. The van der Waals surface area contributed by atoms with E-state index in [4.69, 9.17) is 9.84 Å². The van der Waals surface area contributed by atoms with Crippen molar-refractivity contribution in [3.63, 3.8) is 0 Å². The summed E-state index contributed by atoms with van der Waals surface area (Å²) in [6.07, 6.45) is 5.39. The van der Waals surface area contributed by atoms with Crippen LogP contribution in [0.1, 0.15) is 37.7 Å². The predicted octanol–water partition coefficient (Wildman–Crippen LogP) is 3.38. The van der Waals surface area contributed by atoms with Gasteiger partial charge in [0, 0.05) is 23.0 Å². The maximum Gasteiger partial charge on any atom is 0.303 e. The third-order valence-electron chi connectivity index (χ3n) is 3.58. The van der Waals surface area contributed by atoms with E-state index in [9.17, 15) is 9.59 Å². The summed E-state index contributed by atoms with van der Waals surface area (Å²) >= 11 is 3.41. The van der Waals surface area contributed by atoms with E-state index < -0.39 is 5.97 Å². The van der Waals surface area contributed by atoms with Crippen molar-refractivity contribution in [1.82, 2.24) is 5.32 Å². The van der Waals surface area contributed by atoms with Gasteiger partial charge in [-0.1, -0.05) is 28.8 Å². The molecule has 0 bridgehead atoms. The molecule has 2 rings (SSSR count). The molecule has 0 saturated heterocycles. The Balaban J connectivity index is 1.73. The smallest absolute Gasteiger partial charge is 0.303 e. The van der Waals surface area contributed by atoms with E-state index in [2.05, 4.69) is 21.2 Å². The van der Waals surface area contributed by atoms with Crippen LogP contribution in [0.15, 0.2) is 28.2 Å². The molecule has 6 heteroatoms. The third kappa shape index (κ3) is 5.71. The van der Waals surface area contributed by atoms with Crippen LogP contribution in [-0.2, 0) is 9.59 Å². The lowest BCUT2D eigenvalue weighted by atomic mass is 10.1. The molecule has 1 aliphatic rings. The van der Waals surface area contributed by atoms with Gasteiger partial charge in [-0.25, -0.2) is 0 Å². The Morgan fingerprint density at radius 1 is 1.22 bits per heavy atom. The zero-order valence-electron chi connectivity index (χ0n) is 12.8. The van der Waals surface area contributed by atoms with Gasteiger partial charge in [0.2, 0.25) is 0 Å². The van der Waals surface area contributed by atoms with Crippen molar-refractivity contribution >= 4 is 33.9 Å². The van der Waals surface area contributed by atoms with Gasteiger partial charge in [0.05, 0.1) is 5.57 Å². The van der Waals surface area contributed by atoms with Crippen LogP contribution < -0.4 is 10.1 Å². The highest BCUT2D eigenvalue weighted by Gasteiger charge is 2.16. The van der Waals surface area contributed by atoms with Crippen LogP contribution in [0.2, 0.25) is 0 Å². The maximum atomic E-state index is 12.1. The third-order valence-corrected chi connectivity index (χ3v) is 4.07. The summed E-state index contributed by atoms with van der Waals surface area (Å²) in [5.41, 5.74) is 1.51. The van der Waals surface area contributed by atoms with E-state index >= 15 is 0 Å². The standard InChI is InChI=1S/C17H20BrNO4/c18-14-6-7-15-12(10-14)9-13(11-23-15)17(22)19-8-4-2-1-3-5-16(20)21/h6-7,9-10H,1-5,8,11H2,(H,19,22)(H,20,21). The van der Waals surface area contributed by atoms with Gasteiger partial charge in [0.1, 0.15) is 12.4 Å². The number of carbonyl (C=O) groups excluding carboxylic acids is 1. The van der Waals surface area contributed by atoms with Crippen molar-refractivity contribution in [2.24, 2.45) is 0 Å². The SMILES string of the molecule is O=C(O)CCCCCCNC(=O)C1=Cc2cc(Br)ccc2OC1. The Kier molecular flexibility index (Phi) is 6.65. The van der Waals surface area contributed by atoms with Crippen molar-refractivity contribution < 1.29 is 19.4 Å². The number of carboxylic acid groups (broad SMARTS) is 1. The molecule has 0 unspecified atom stereocenters. The number of benzene rings is 1. The summed E-state index contributed by atoms with van der Waals surface area (Å²) in [4.78, 5) is 22.5. The molecule has 0 aromatic heterocycles. The van der Waals surface area contributed by atoms with Crippen LogP contribution in [0.25, 0.3) is 6.08 Å². The minimum Gasteiger partial charge on any atom is -0.488 e. The fourth-order valence-corrected chi connectivity index (χ4v) is 2.73. The summed E-state index contributed by atoms with van der Waals surface area (Å²) < 4.78 is 6.53. The average molecular weight is 382 g/mol. The summed E-state index contributed by atoms with van der Waals surface area (Å²) in [5.74, 6) is -0.0844. The predicted molar refractivity (Wildman–Crippen MR) is 91.3 cm³/mol. The van der Waals surface area contributed by atoms with Crippen molar-refractivity contribution in [1.29, 1.82) is 0 Å². The summed E-state index contributed by atoms with van der Waals surface area (Å²) in [6, 6.07) is 5.70. The molecule has 2 N–H and O–H groups in total. The molecule has 5 nitrogen and oxygen atoms in total. The number of nitrogens with one attached hydrogen (secondary N) is 1. The fourth-order valence-electron chi connectivity index (χ4n) is 2.35. The number of rotatable bonds is 8. The van der Waals surface area contributed by atoms with Gasteiger partial charge >= 0.3 is 5.97 Å². The first-order valence-corrected chi connectivity index (χ1v) is 8.48. The molecule has 0 saturated carbocycles. The summed E-state index contributed by atoms with van der Waals surface area (Å²) in [5, 5.41) is 11.4. The van der Waals surface area contributed by atoms with E-state index in [1.165, 1.54) is 0 Å². The lowest BCUT2D eigenvalue weighted by Crippen LogP contribution is -2.29. The van der Waals surface area contributed by atoms with E-state index in [1.54, 1.807) is 0 Å². The normalized spacial score (nSPS) is 12.8. The lowest BCUT2D eigenvalue weighted by Gasteiger charge is -2.17. The molecule has 1 aromatic carbocycles. The van der Waals surface area contributed by atoms with Crippen LogP contribution in [0.5, 0.6) is 5.75 Å². The fraction of sp³-hybridized carbons (Fsp3) is 0.412. The molecule has 1 heterocycles. The number of hydrogen-bond donors (Lipinski definition) is 2. The molecule has 0 spiro atoms. The number of ether oxygens (including phenoxy) is 1. The molecular formula is C17H20BrNO4. The second kappa shape index (κ2) is 8.72. The van der Waals surface area contributed by atoms with Gasteiger partial charge in [-0.05, 0) is 37.1 Å². The average Bonchev–Trinajstić information content (AvgIpc) is 2.52. The minimum absolute atomic E-state index is 0.110. The van der Waals surface area contributed by atoms with E-state index in [0.717, 1.165) is 35.0 Å². The van der Waals surface area contributed by atoms with Crippen molar-refractivity contribution in [2.75, 3.05) is 13.2 Å². The Morgan fingerprint density at radius 3 is 2.78 bits per heavy atom. The molecule has 1 aromatic rings. The Hall–Kier alpha value is -1.82. The van der Waals surface area contributed by atoms with Crippen LogP contribution in [-0.4, -0.2) is 30.1 Å². The number of hydrogen-bond acceptors (Lipinski definition) is 3. The maximum absolute atomic E-state index is 12.1.